The summed E-state index contributed by atoms with van der Waals surface area (Å²) in [6, 6.07) is 9.53. The van der Waals surface area contributed by atoms with Crippen molar-refractivity contribution >= 4 is 17.7 Å². The first kappa shape index (κ1) is 17.0. The van der Waals surface area contributed by atoms with Crippen molar-refractivity contribution in [2.45, 2.75) is 45.3 Å². The number of cyclic esters (lactones) is 1. The van der Waals surface area contributed by atoms with Crippen LogP contribution in [0.3, 0.4) is 0 Å². The second kappa shape index (κ2) is 6.71. The number of rotatable bonds is 3. The number of hydrogen-bond donors (Lipinski definition) is 0. The molecule has 0 amide bonds. The highest BCUT2D eigenvalue weighted by molar-refractivity contribution is 5.87. The van der Waals surface area contributed by atoms with Gasteiger partial charge in [0.2, 0.25) is 0 Å². The topological polar surface area (TPSA) is 69.7 Å². The Morgan fingerprint density at radius 3 is 2.73 bits per heavy atom. The third-order valence-electron chi connectivity index (χ3n) is 5.85. The molecule has 1 heterocycles. The maximum Gasteiger partial charge on any atom is 0.313 e. The van der Waals surface area contributed by atoms with Crippen LogP contribution in [-0.2, 0) is 30.5 Å². The lowest BCUT2D eigenvalue weighted by atomic mass is 9.65. The van der Waals surface area contributed by atoms with Crippen molar-refractivity contribution in [1.82, 2.24) is 0 Å². The molecule has 2 aliphatic carbocycles. The zero-order valence-corrected chi connectivity index (χ0v) is 14.8. The van der Waals surface area contributed by atoms with Crippen molar-refractivity contribution < 1.29 is 23.9 Å². The molecule has 0 bridgehead atoms. The van der Waals surface area contributed by atoms with E-state index in [1.807, 2.05) is 37.3 Å². The van der Waals surface area contributed by atoms with E-state index in [0.29, 0.717) is 25.7 Å². The number of Topliss-reactive ketones (excluding diaryl/α,β-unsaturated/α-hetero) is 1. The van der Waals surface area contributed by atoms with E-state index in [1.165, 1.54) is 0 Å². The molecule has 1 aromatic rings. The molecule has 3 aliphatic rings. The van der Waals surface area contributed by atoms with Gasteiger partial charge in [0.1, 0.15) is 18.5 Å². The lowest BCUT2D eigenvalue weighted by molar-refractivity contribution is -0.152. The van der Waals surface area contributed by atoms with Crippen LogP contribution in [0.1, 0.15) is 38.2 Å². The van der Waals surface area contributed by atoms with Gasteiger partial charge in [-0.05, 0) is 25.3 Å². The van der Waals surface area contributed by atoms with E-state index >= 15 is 0 Å². The number of carbonyl (C=O) groups excluding carboxylic acids is 3. The third-order valence-corrected chi connectivity index (χ3v) is 5.85. The monoisotopic (exact) mass is 354 g/mol. The van der Waals surface area contributed by atoms with Crippen LogP contribution in [0.15, 0.2) is 41.5 Å². The number of allylic oxidation sites excluding steroid dienone is 1. The Balaban J connectivity index is 1.61. The van der Waals surface area contributed by atoms with Crippen LogP contribution < -0.4 is 0 Å². The summed E-state index contributed by atoms with van der Waals surface area (Å²) in [6.45, 7) is 2.05. The molecule has 0 saturated carbocycles. The van der Waals surface area contributed by atoms with Crippen LogP contribution in [-0.4, -0.2) is 23.8 Å². The minimum absolute atomic E-state index is 0.179. The molecule has 0 N–H and O–H groups in total. The third kappa shape index (κ3) is 2.96. The van der Waals surface area contributed by atoms with Gasteiger partial charge in [-0.25, -0.2) is 0 Å². The molecule has 26 heavy (non-hydrogen) atoms. The second-order valence-corrected chi connectivity index (χ2v) is 7.45. The summed E-state index contributed by atoms with van der Waals surface area (Å²) in [5.74, 6) is -1.41. The molecule has 4 rings (SSSR count). The van der Waals surface area contributed by atoms with Gasteiger partial charge < -0.3 is 9.47 Å². The Kier molecular flexibility index (Phi) is 4.39. The zero-order chi connectivity index (χ0) is 18.3. The first-order chi connectivity index (χ1) is 12.5. The van der Waals surface area contributed by atoms with Crippen LogP contribution >= 0.6 is 0 Å². The predicted octanol–water partition coefficient (Wildman–Crippen LogP) is 2.98. The molecule has 0 spiro atoms. The normalized spacial score (nSPS) is 30.5. The summed E-state index contributed by atoms with van der Waals surface area (Å²) < 4.78 is 11.0. The number of ether oxygens (including phenoxy) is 2. The van der Waals surface area contributed by atoms with E-state index in [-0.39, 0.29) is 42.3 Å². The summed E-state index contributed by atoms with van der Waals surface area (Å²) in [5, 5.41) is 0. The van der Waals surface area contributed by atoms with Crippen LogP contribution in [0.2, 0.25) is 0 Å². The van der Waals surface area contributed by atoms with Gasteiger partial charge >= 0.3 is 11.9 Å². The lowest BCUT2D eigenvalue weighted by Crippen LogP contribution is -2.40. The Morgan fingerprint density at radius 2 is 1.96 bits per heavy atom. The summed E-state index contributed by atoms with van der Waals surface area (Å²) in [5.41, 5.74) is 2.89. The van der Waals surface area contributed by atoms with E-state index in [1.54, 1.807) is 0 Å². The van der Waals surface area contributed by atoms with Crippen LogP contribution in [0.4, 0.5) is 0 Å². The lowest BCUT2D eigenvalue weighted by Gasteiger charge is -2.37. The summed E-state index contributed by atoms with van der Waals surface area (Å²) in [6.07, 6.45) is 1.62. The molecule has 1 fully saturated rings. The molecule has 1 aromatic carbocycles. The van der Waals surface area contributed by atoms with Gasteiger partial charge in [0, 0.05) is 18.8 Å². The number of benzene rings is 1. The highest BCUT2D eigenvalue weighted by Crippen LogP contribution is 2.49. The molecule has 1 aliphatic heterocycles. The number of hydrogen-bond acceptors (Lipinski definition) is 5. The Morgan fingerprint density at radius 1 is 1.19 bits per heavy atom. The Bertz CT molecular complexity index is 779. The quantitative estimate of drug-likeness (QED) is 0.616. The molecule has 1 saturated heterocycles. The maximum absolute atomic E-state index is 13.0. The highest BCUT2D eigenvalue weighted by atomic mass is 16.6. The number of esters is 2. The van der Waals surface area contributed by atoms with E-state index < -0.39 is 5.92 Å². The average molecular weight is 354 g/mol. The molecule has 0 radical (unpaired) electrons. The SMILES string of the molecule is C[C@H]1OC(=O)[C@@H]2CC3=C(CCC(=O)C3)[C@H](C(=O)OCc3ccccc3)[C@H]12. The smallest absolute Gasteiger partial charge is 0.313 e. The molecular formula is C21H22O5. The van der Waals surface area contributed by atoms with Crippen molar-refractivity contribution in [2.75, 3.05) is 0 Å². The molecule has 4 atom stereocenters. The standard InChI is InChI=1S/C21H22O5/c1-12-18-17(20(23)26-12)10-14-9-15(22)7-8-16(14)19(18)21(24)25-11-13-5-3-2-4-6-13/h2-6,12,17-19H,7-11H2,1H3/t12-,17-,18-,19+/m1/s1. The average Bonchev–Trinajstić information content (AvgIpc) is 2.92. The van der Waals surface area contributed by atoms with E-state index in [2.05, 4.69) is 0 Å². The molecule has 136 valence electrons. The predicted molar refractivity (Wildman–Crippen MR) is 92.8 cm³/mol. The zero-order valence-electron chi connectivity index (χ0n) is 14.8. The van der Waals surface area contributed by atoms with Gasteiger partial charge in [0.05, 0.1) is 11.8 Å². The maximum atomic E-state index is 13.0. The molecular weight excluding hydrogens is 332 g/mol. The number of ketones is 1. The van der Waals surface area contributed by atoms with Gasteiger partial charge in [0.25, 0.3) is 0 Å². The van der Waals surface area contributed by atoms with Crippen molar-refractivity contribution in [2.24, 2.45) is 17.8 Å². The van der Waals surface area contributed by atoms with E-state index in [0.717, 1.165) is 16.7 Å². The van der Waals surface area contributed by atoms with Gasteiger partial charge in [0.15, 0.2) is 0 Å². The second-order valence-electron chi connectivity index (χ2n) is 7.45. The van der Waals surface area contributed by atoms with Crippen molar-refractivity contribution in [3.8, 4) is 0 Å². The highest BCUT2D eigenvalue weighted by Gasteiger charge is 2.54. The molecule has 5 nitrogen and oxygen atoms in total. The minimum atomic E-state index is -0.484. The van der Waals surface area contributed by atoms with Crippen molar-refractivity contribution in [3.05, 3.63) is 47.0 Å². The fourth-order valence-electron chi connectivity index (χ4n) is 4.64. The largest absolute Gasteiger partial charge is 0.462 e. The molecule has 5 heteroatoms. The van der Waals surface area contributed by atoms with Gasteiger partial charge in [-0.3, -0.25) is 14.4 Å². The van der Waals surface area contributed by atoms with Crippen LogP contribution in [0.25, 0.3) is 0 Å². The van der Waals surface area contributed by atoms with Crippen LogP contribution in [0.5, 0.6) is 0 Å². The summed E-state index contributed by atoms with van der Waals surface area (Å²) in [4.78, 5) is 37.1. The van der Waals surface area contributed by atoms with E-state index in [4.69, 9.17) is 9.47 Å². The number of carbonyl (C=O) groups is 3. The van der Waals surface area contributed by atoms with Gasteiger partial charge in [-0.2, -0.15) is 0 Å². The summed E-state index contributed by atoms with van der Waals surface area (Å²) in [7, 11) is 0. The summed E-state index contributed by atoms with van der Waals surface area (Å²) >= 11 is 0. The fraction of sp³-hybridized carbons (Fsp3) is 0.476. The Hall–Kier alpha value is -2.43. The van der Waals surface area contributed by atoms with Crippen molar-refractivity contribution in [1.29, 1.82) is 0 Å². The van der Waals surface area contributed by atoms with Crippen LogP contribution in [0, 0.1) is 17.8 Å². The minimum Gasteiger partial charge on any atom is -0.462 e. The molecule has 0 aromatic heterocycles. The first-order valence-corrected chi connectivity index (χ1v) is 9.18. The van der Waals surface area contributed by atoms with Gasteiger partial charge in [-0.15, -0.1) is 0 Å². The van der Waals surface area contributed by atoms with Gasteiger partial charge in [-0.1, -0.05) is 41.5 Å². The van der Waals surface area contributed by atoms with Crippen molar-refractivity contribution in [3.63, 3.8) is 0 Å². The molecule has 0 unspecified atom stereocenters. The first-order valence-electron chi connectivity index (χ1n) is 9.18. The Labute approximate surface area is 152 Å². The van der Waals surface area contributed by atoms with E-state index in [9.17, 15) is 14.4 Å². The number of fused-ring (bicyclic) bond motifs is 1. The fourth-order valence-corrected chi connectivity index (χ4v) is 4.64.